The molecular weight excluding hydrogens is 330 g/mol. The van der Waals surface area contributed by atoms with E-state index in [9.17, 15) is 9.59 Å². The van der Waals surface area contributed by atoms with Gasteiger partial charge in [-0.25, -0.2) is 0 Å². The average molecular weight is 355 g/mol. The van der Waals surface area contributed by atoms with Crippen molar-refractivity contribution in [3.05, 3.63) is 59.2 Å². The van der Waals surface area contributed by atoms with E-state index in [0.29, 0.717) is 36.6 Å². The molecule has 1 N–H and O–H groups in total. The van der Waals surface area contributed by atoms with Gasteiger partial charge in [-0.1, -0.05) is 19.1 Å². The van der Waals surface area contributed by atoms with Gasteiger partial charge in [0, 0.05) is 29.0 Å². The lowest BCUT2D eigenvalue weighted by atomic mass is 10.1. The maximum Gasteiger partial charge on any atom is 0.255 e. The van der Waals surface area contributed by atoms with Gasteiger partial charge in [0.05, 0.1) is 13.2 Å². The molecule has 5 heteroatoms. The van der Waals surface area contributed by atoms with E-state index in [1.165, 1.54) is 6.92 Å². The molecule has 2 aromatic carbocycles. The van der Waals surface area contributed by atoms with E-state index in [4.69, 9.17) is 9.47 Å². The van der Waals surface area contributed by atoms with Crippen molar-refractivity contribution in [1.29, 1.82) is 0 Å². The maximum absolute atomic E-state index is 12.6. The predicted molar refractivity (Wildman–Crippen MR) is 102 cm³/mol. The molecule has 0 fully saturated rings. The van der Waals surface area contributed by atoms with Gasteiger partial charge in [0.15, 0.2) is 5.78 Å². The Kier molecular flexibility index (Phi) is 7.36. The Labute approximate surface area is 154 Å². The third-order valence-corrected chi connectivity index (χ3v) is 3.76. The van der Waals surface area contributed by atoms with Crippen LogP contribution in [0, 0.1) is 0 Å². The van der Waals surface area contributed by atoms with Crippen LogP contribution < -0.4 is 10.1 Å². The molecule has 0 radical (unpaired) electrons. The largest absolute Gasteiger partial charge is 0.494 e. The van der Waals surface area contributed by atoms with Crippen molar-refractivity contribution in [3.63, 3.8) is 0 Å². The molecule has 138 valence electrons. The number of ketones is 1. The molecule has 0 heterocycles. The Hall–Kier alpha value is -2.66. The number of amides is 1. The minimum Gasteiger partial charge on any atom is -0.494 e. The van der Waals surface area contributed by atoms with Crippen LogP contribution in [0.4, 0.5) is 5.69 Å². The summed E-state index contributed by atoms with van der Waals surface area (Å²) in [7, 11) is 0. The second-order valence-corrected chi connectivity index (χ2v) is 5.90. The van der Waals surface area contributed by atoms with E-state index >= 15 is 0 Å². The Bertz CT molecular complexity index is 770. The molecule has 0 atom stereocenters. The molecule has 2 aromatic rings. The standard InChI is InChI=1S/C21H25NO4/c1-4-11-25-14-18-12-17(9-10-20(18)26-5-2)21(24)22-19-8-6-7-16(13-19)15(3)23/h6-10,12-13H,4-5,11,14H2,1-3H3,(H,22,24). The van der Waals surface area contributed by atoms with Gasteiger partial charge in [-0.15, -0.1) is 0 Å². The second-order valence-electron chi connectivity index (χ2n) is 5.90. The first-order valence-electron chi connectivity index (χ1n) is 8.81. The molecule has 1 amide bonds. The highest BCUT2D eigenvalue weighted by atomic mass is 16.5. The fraction of sp³-hybridized carbons (Fsp3) is 0.333. The van der Waals surface area contributed by atoms with Crippen LogP contribution in [-0.4, -0.2) is 24.9 Å². The lowest BCUT2D eigenvalue weighted by Gasteiger charge is -2.13. The van der Waals surface area contributed by atoms with E-state index < -0.39 is 0 Å². The van der Waals surface area contributed by atoms with Crippen molar-refractivity contribution in [1.82, 2.24) is 0 Å². The van der Waals surface area contributed by atoms with E-state index in [-0.39, 0.29) is 11.7 Å². The number of hydrogen-bond acceptors (Lipinski definition) is 4. The lowest BCUT2D eigenvalue weighted by Crippen LogP contribution is -2.13. The first-order chi connectivity index (χ1) is 12.5. The molecule has 0 aliphatic carbocycles. The quantitative estimate of drug-likeness (QED) is 0.532. The number of hydrogen-bond donors (Lipinski definition) is 1. The summed E-state index contributed by atoms with van der Waals surface area (Å²) in [5.41, 5.74) is 2.49. The summed E-state index contributed by atoms with van der Waals surface area (Å²) in [6.07, 6.45) is 0.927. The van der Waals surface area contributed by atoms with Crippen LogP contribution in [-0.2, 0) is 11.3 Å². The topological polar surface area (TPSA) is 64.6 Å². The Balaban J connectivity index is 2.18. The second kappa shape index (κ2) is 9.73. The van der Waals surface area contributed by atoms with Gasteiger partial charge in [-0.05, 0) is 50.6 Å². The third-order valence-electron chi connectivity index (χ3n) is 3.76. The molecule has 0 aromatic heterocycles. The van der Waals surface area contributed by atoms with Crippen molar-refractivity contribution in [2.45, 2.75) is 33.8 Å². The van der Waals surface area contributed by atoms with Crippen molar-refractivity contribution in [2.24, 2.45) is 0 Å². The van der Waals surface area contributed by atoms with E-state index in [1.807, 2.05) is 13.8 Å². The summed E-state index contributed by atoms with van der Waals surface area (Å²) in [5, 5.41) is 2.83. The van der Waals surface area contributed by atoms with Crippen LogP contribution in [0.1, 0.15) is 53.5 Å². The monoisotopic (exact) mass is 355 g/mol. The van der Waals surface area contributed by atoms with Crippen LogP contribution in [0.2, 0.25) is 0 Å². The summed E-state index contributed by atoms with van der Waals surface area (Å²) in [5.74, 6) is 0.432. The molecule has 0 aliphatic rings. The first kappa shape index (κ1) is 19.7. The first-order valence-corrected chi connectivity index (χ1v) is 8.81. The minimum atomic E-state index is -0.245. The van der Waals surface area contributed by atoms with Crippen molar-refractivity contribution in [2.75, 3.05) is 18.5 Å². The van der Waals surface area contributed by atoms with Gasteiger partial charge in [-0.3, -0.25) is 9.59 Å². The molecule has 0 saturated carbocycles. The van der Waals surface area contributed by atoms with Gasteiger partial charge in [-0.2, -0.15) is 0 Å². The number of nitrogens with one attached hydrogen (secondary N) is 1. The Morgan fingerprint density at radius 1 is 1.04 bits per heavy atom. The molecule has 0 unspecified atom stereocenters. The highest BCUT2D eigenvalue weighted by Gasteiger charge is 2.12. The number of carbonyl (C=O) groups excluding carboxylic acids is 2. The zero-order chi connectivity index (χ0) is 18.9. The van der Waals surface area contributed by atoms with Crippen molar-refractivity contribution >= 4 is 17.4 Å². The molecule has 26 heavy (non-hydrogen) atoms. The van der Waals surface area contributed by atoms with E-state index in [1.54, 1.807) is 42.5 Å². The normalized spacial score (nSPS) is 10.4. The van der Waals surface area contributed by atoms with Gasteiger partial charge in [0.2, 0.25) is 0 Å². The van der Waals surface area contributed by atoms with Crippen molar-refractivity contribution in [3.8, 4) is 5.75 Å². The number of Topliss-reactive ketones (excluding diaryl/α,β-unsaturated/α-hetero) is 1. The van der Waals surface area contributed by atoms with Crippen LogP contribution in [0.15, 0.2) is 42.5 Å². The molecule has 0 aliphatic heterocycles. The van der Waals surface area contributed by atoms with Gasteiger partial charge >= 0.3 is 0 Å². The predicted octanol–water partition coefficient (Wildman–Crippen LogP) is 4.47. The van der Waals surface area contributed by atoms with Crippen LogP contribution in [0.3, 0.4) is 0 Å². The smallest absolute Gasteiger partial charge is 0.255 e. The van der Waals surface area contributed by atoms with Gasteiger partial charge < -0.3 is 14.8 Å². The number of ether oxygens (including phenoxy) is 2. The number of carbonyl (C=O) groups is 2. The van der Waals surface area contributed by atoms with Crippen LogP contribution >= 0.6 is 0 Å². The van der Waals surface area contributed by atoms with E-state index in [0.717, 1.165) is 17.7 Å². The zero-order valence-corrected chi connectivity index (χ0v) is 15.5. The fourth-order valence-electron chi connectivity index (χ4n) is 2.48. The van der Waals surface area contributed by atoms with Gasteiger partial charge in [0.25, 0.3) is 5.91 Å². The molecule has 0 saturated heterocycles. The summed E-state index contributed by atoms with van der Waals surface area (Å²) in [4.78, 5) is 24.1. The number of anilines is 1. The number of benzene rings is 2. The zero-order valence-electron chi connectivity index (χ0n) is 15.5. The Morgan fingerprint density at radius 2 is 1.85 bits per heavy atom. The molecule has 0 bridgehead atoms. The molecule has 2 rings (SSSR count). The Morgan fingerprint density at radius 3 is 2.54 bits per heavy atom. The summed E-state index contributed by atoms with van der Waals surface area (Å²) >= 11 is 0. The molecule has 5 nitrogen and oxygen atoms in total. The summed E-state index contributed by atoms with van der Waals surface area (Å²) in [6, 6.07) is 12.2. The maximum atomic E-state index is 12.6. The summed E-state index contributed by atoms with van der Waals surface area (Å²) in [6.45, 7) is 7.05. The highest BCUT2D eigenvalue weighted by molar-refractivity contribution is 6.05. The minimum absolute atomic E-state index is 0.0440. The number of rotatable bonds is 9. The van der Waals surface area contributed by atoms with E-state index in [2.05, 4.69) is 5.32 Å². The fourth-order valence-corrected chi connectivity index (χ4v) is 2.48. The highest BCUT2D eigenvalue weighted by Crippen LogP contribution is 2.22. The van der Waals surface area contributed by atoms with Crippen LogP contribution in [0.5, 0.6) is 5.75 Å². The lowest BCUT2D eigenvalue weighted by molar-refractivity contribution is 0.101. The SMILES string of the molecule is CCCOCc1cc(C(=O)Nc2cccc(C(C)=O)c2)ccc1OCC. The van der Waals surface area contributed by atoms with Gasteiger partial charge in [0.1, 0.15) is 5.75 Å². The average Bonchev–Trinajstić information content (AvgIpc) is 2.63. The van der Waals surface area contributed by atoms with Crippen molar-refractivity contribution < 1.29 is 19.1 Å². The third kappa shape index (κ3) is 5.43. The molecule has 0 spiro atoms. The molecular formula is C21H25NO4. The van der Waals surface area contributed by atoms with Crippen LogP contribution in [0.25, 0.3) is 0 Å². The summed E-state index contributed by atoms with van der Waals surface area (Å²) < 4.78 is 11.2.